The van der Waals surface area contributed by atoms with Crippen molar-refractivity contribution in [1.29, 1.82) is 0 Å². The predicted octanol–water partition coefficient (Wildman–Crippen LogP) is 5.55. The number of fused-ring (bicyclic) bond motifs is 1. The summed E-state index contributed by atoms with van der Waals surface area (Å²) in [7, 11) is 3.27. The van der Waals surface area contributed by atoms with Crippen LogP contribution < -0.4 is 24.8 Å². The third-order valence-corrected chi connectivity index (χ3v) is 6.39. The van der Waals surface area contributed by atoms with Crippen molar-refractivity contribution in [2.75, 3.05) is 45.8 Å². The molecule has 2 heterocycles. The zero-order valence-corrected chi connectivity index (χ0v) is 22.2. The van der Waals surface area contributed by atoms with Crippen LogP contribution in [0.1, 0.15) is 18.4 Å². The number of anilines is 2. The summed E-state index contributed by atoms with van der Waals surface area (Å²) < 4.78 is 22.8. The monoisotopic (exact) mass is 524 g/mol. The van der Waals surface area contributed by atoms with E-state index < -0.39 is 0 Å². The number of rotatable bonds is 9. The molecule has 1 atom stereocenters. The van der Waals surface area contributed by atoms with E-state index in [9.17, 15) is 0 Å². The van der Waals surface area contributed by atoms with Gasteiger partial charge >= 0.3 is 0 Å². The van der Waals surface area contributed by atoms with Crippen LogP contribution in [0.15, 0.2) is 67.0 Å². The lowest BCUT2D eigenvalue weighted by atomic mass is 9.99. The van der Waals surface area contributed by atoms with E-state index in [2.05, 4.69) is 32.4 Å². The molecular weight excluding hydrogens is 492 g/mol. The standard InChI is InChI=1S/C31H32N4O4/c1-36-15-16-38-29-19-27-26(17-23(29)11-10-22-7-6-14-32-20-22)31(34-21-33-27)35-24-12-13-28(30(18-24)37-2)39-25-8-4-3-5-9-25/h3-5,8-9,12-13,17-19,21-22,32H,6-7,14-16,20H2,1-2H3,(H,33,34,35). The summed E-state index contributed by atoms with van der Waals surface area (Å²) in [5, 5.41) is 7.67. The zero-order chi connectivity index (χ0) is 26.9. The van der Waals surface area contributed by atoms with E-state index in [4.69, 9.17) is 18.9 Å². The molecule has 39 heavy (non-hydrogen) atoms. The highest BCUT2D eigenvalue weighted by Crippen LogP contribution is 2.36. The van der Waals surface area contributed by atoms with Crippen LogP contribution in [0.3, 0.4) is 0 Å². The molecule has 3 aromatic carbocycles. The third-order valence-electron chi connectivity index (χ3n) is 6.39. The largest absolute Gasteiger partial charge is 0.493 e. The molecule has 1 unspecified atom stereocenters. The molecule has 0 spiro atoms. The lowest BCUT2D eigenvalue weighted by molar-refractivity contribution is 0.146. The highest BCUT2D eigenvalue weighted by molar-refractivity contribution is 5.93. The Bertz CT molecular complexity index is 1460. The molecule has 5 rings (SSSR count). The minimum absolute atomic E-state index is 0.315. The number of aromatic nitrogens is 2. The molecule has 0 bridgehead atoms. The zero-order valence-electron chi connectivity index (χ0n) is 22.2. The summed E-state index contributed by atoms with van der Waals surface area (Å²) in [5.74, 6) is 10.4. The Hall–Kier alpha value is -4.32. The Morgan fingerprint density at radius 2 is 1.87 bits per heavy atom. The topological polar surface area (TPSA) is 86.8 Å². The first kappa shape index (κ1) is 26.3. The van der Waals surface area contributed by atoms with Gasteiger partial charge in [-0.3, -0.25) is 0 Å². The number of para-hydroxylation sites is 1. The molecule has 1 aliphatic rings. The third kappa shape index (κ3) is 6.77. The minimum Gasteiger partial charge on any atom is -0.493 e. The molecule has 1 saturated heterocycles. The number of hydrogen-bond acceptors (Lipinski definition) is 8. The lowest BCUT2D eigenvalue weighted by Gasteiger charge is -2.17. The number of methoxy groups -OCH3 is 2. The van der Waals surface area contributed by atoms with Gasteiger partial charge in [0.15, 0.2) is 11.5 Å². The molecule has 0 saturated carbocycles. The Kier molecular flexibility index (Phi) is 8.74. The maximum atomic E-state index is 6.02. The second-order valence-electron chi connectivity index (χ2n) is 9.15. The van der Waals surface area contributed by atoms with E-state index in [-0.39, 0.29) is 0 Å². The van der Waals surface area contributed by atoms with Crippen molar-refractivity contribution in [2.24, 2.45) is 5.92 Å². The molecule has 1 fully saturated rings. The van der Waals surface area contributed by atoms with Crippen LogP contribution in [0.4, 0.5) is 11.5 Å². The van der Waals surface area contributed by atoms with Crippen molar-refractivity contribution in [3.8, 4) is 34.8 Å². The number of hydrogen-bond donors (Lipinski definition) is 2. The van der Waals surface area contributed by atoms with Gasteiger partial charge in [-0.15, -0.1) is 0 Å². The average molecular weight is 525 g/mol. The Labute approximate surface area is 228 Å². The normalized spacial score (nSPS) is 14.8. The van der Waals surface area contributed by atoms with E-state index >= 15 is 0 Å². The minimum atomic E-state index is 0.315. The highest BCUT2D eigenvalue weighted by atomic mass is 16.5. The van der Waals surface area contributed by atoms with Crippen LogP contribution in [0, 0.1) is 17.8 Å². The number of nitrogens with zero attached hydrogens (tertiary/aromatic N) is 2. The van der Waals surface area contributed by atoms with Crippen LogP contribution in [0.5, 0.6) is 23.0 Å². The van der Waals surface area contributed by atoms with Gasteiger partial charge in [-0.1, -0.05) is 30.0 Å². The van der Waals surface area contributed by atoms with Gasteiger partial charge in [0.1, 0.15) is 30.3 Å². The Balaban J connectivity index is 1.45. The van der Waals surface area contributed by atoms with Crippen LogP contribution >= 0.6 is 0 Å². The second kappa shape index (κ2) is 13.0. The number of piperidine rings is 1. The van der Waals surface area contributed by atoms with Crippen LogP contribution in [-0.2, 0) is 4.74 Å². The van der Waals surface area contributed by atoms with E-state index in [1.165, 1.54) is 6.33 Å². The summed E-state index contributed by atoms with van der Waals surface area (Å²) in [6.07, 6.45) is 3.76. The molecule has 200 valence electrons. The molecule has 0 radical (unpaired) electrons. The van der Waals surface area contributed by atoms with Gasteiger partial charge in [-0.2, -0.15) is 0 Å². The van der Waals surface area contributed by atoms with E-state index in [1.54, 1.807) is 14.2 Å². The fraction of sp³-hybridized carbons (Fsp3) is 0.290. The number of ether oxygens (including phenoxy) is 4. The lowest BCUT2D eigenvalue weighted by Crippen LogP contribution is -2.28. The summed E-state index contributed by atoms with van der Waals surface area (Å²) in [5.41, 5.74) is 2.35. The van der Waals surface area contributed by atoms with Crippen molar-refractivity contribution < 1.29 is 18.9 Å². The molecule has 8 nitrogen and oxygen atoms in total. The molecule has 8 heteroatoms. The summed E-state index contributed by atoms with van der Waals surface area (Å²) in [6.45, 7) is 2.87. The van der Waals surface area contributed by atoms with E-state index in [0.29, 0.717) is 42.2 Å². The summed E-state index contributed by atoms with van der Waals surface area (Å²) >= 11 is 0. The summed E-state index contributed by atoms with van der Waals surface area (Å²) in [6, 6.07) is 19.2. The molecular formula is C31H32N4O4. The van der Waals surface area contributed by atoms with Gasteiger partial charge in [-0.25, -0.2) is 9.97 Å². The van der Waals surface area contributed by atoms with Crippen molar-refractivity contribution in [1.82, 2.24) is 15.3 Å². The molecule has 1 aliphatic heterocycles. The fourth-order valence-electron chi connectivity index (χ4n) is 4.37. The quantitative estimate of drug-likeness (QED) is 0.218. The van der Waals surface area contributed by atoms with Crippen molar-refractivity contribution in [3.05, 3.63) is 72.6 Å². The second-order valence-corrected chi connectivity index (χ2v) is 9.15. The predicted molar refractivity (Wildman–Crippen MR) is 152 cm³/mol. The molecule has 0 amide bonds. The van der Waals surface area contributed by atoms with Gasteiger partial charge in [0.2, 0.25) is 0 Å². The van der Waals surface area contributed by atoms with Gasteiger partial charge in [0.05, 0.1) is 24.8 Å². The molecule has 0 aliphatic carbocycles. The average Bonchev–Trinajstić information content (AvgIpc) is 2.98. The molecule has 2 N–H and O–H groups in total. The first-order valence-electron chi connectivity index (χ1n) is 13.0. The van der Waals surface area contributed by atoms with Crippen molar-refractivity contribution in [2.45, 2.75) is 12.8 Å². The van der Waals surface area contributed by atoms with E-state index in [1.807, 2.05) is 60.7 Å². The van der Waals surface area contributed by atoms with E-state index in [0.717, 1.165) is 53.8 Å². The van der Waals surface area contributed by atoms with Crippen LogP contribution in [-0.4, -0.2) is 50.5 Å². The maximum absolute atomic E-state index is 6.02. The fourth-order valence-corrected chi connectivity index (χ4v) is 4.37. The molecule has 1 aromatic heterocycles. The maximum Gasteiger partial charge on any atom is 0.169 e. The van der Waals surface area contributed by atoms with Crippen LogP contribution in [0.25, 0.3) is 10.9 Å². The molecule has 4 aromatic rings. The van der Waals surface area contributed by atoms with Crippen molar-refractivity contribution in [3.63, 3.8) is 0 Å². The first-order chi connectivity index (χ1) is 19.2. The summed E-state index contributed by atoms with van der Waals surface area (Å²) in [4.78, 5) is 9.02. The Morgan fingerprint density at radius 1 is 0.974 bits per heavy atom. The van der Waals surface area contributed by atoms with Crippen LogP contribution in [0.2, 0.25) is 0 Å². The van der Waals surface area contributed by atoms with Gasteiger partial charge in [-0.05, 0) is 49.7 Å². The van der Waals surface area contributed by atoms with Gasteiger partial charge in [0, 0.05) is 42.8 Å². The number of benzene rings is 3. The number of nitrogens with one attached hydrogen (secondary N) is 2. The first-order valence-corrected chi connectivity index (χ1v) is 13.0. The Morgan fingerprint density at radius 3 is 2.67 bits per heavy atom. The van der Waals surface area contributed by atoms with Gasteiger partial charge < -0.3 is 29.6 Å². The highest BCUT2D eigenvalue weighted by Gasteiger charge is 2.14. The van der Waals surface area contributed by atoms with Gasteiger partial charge in [0.25, 0.3) is 0 Å². The smallest absolute Gasteiger partial charge is 0.169 e. The van der Waals surface area contributed by atoms with Crippen molar-refractivity contribution >= 4 is 22.4 Å². The SMILES string of the molecule is COCCOc1cc2ncnc(Nc3ccc(Oc4ccccc4)c(OC)c3)c2cc1C#CC1CCCNC1.